The Kier molecular flexibility index (Phi) is 3.61. The number of carboxylic acids is 1. The van der Waals surface area contributed by atoms with Crippen LogP contribution in [0.1, 0.15) is 38.8 Å². The van der Waals surface area contributed by atoms with Crippen molar-refractivity contribution in [2.75, 3.05) is 0 Å². The number of hydrogen-bond acceptors (Lipinski definition) is 4. The molecule has 1 N–H and O–H groups in total. The number of carboxylic acid groups (broad SMARTS) is 1. The van der Waals surface area contributed by atoms with Crippen molar-refractivity contribution in [2.24, 2.45) is 18.4 Å². The van der Waals surface area contributed by atoms with E-state index in [1.54, 1.807) is 14.0 Å². The van der Waals surface area contributed by atoms with Crippen LogP contribution in [-0.4, -0.2) is 37.6 Å². The minimum Gasteiger partial charge on any atom is -0.479 e. The van der Waals surface area contributed by atoms with Crippen molar-refractivity contribution in [3.8, 4) is 0 Å². The minimum absolute atomic E-state index is 0.0353. The van der Waals surface area contributed by atoms with Crippen LogP contribution in [0.2, 0.25) is 0 Å². The van der Waals surface area contributed by atoms with Crippen molar-refractivity contribution in [3.05, 3.63) is 18.0 Å². The second-order valence-corrected chi connectivity index (χ2v) is 6.01. The molecule has 1 aromatic rings. The maximum atomic E-state index is 12.6. The van der Waals surface area contributed by atoms with E-state index >= 15 is 0 Å². The second-order valence-electron chi connectivity index (χ2n) is 6.01. The van der Waals surface area contributed by atoms with Gasteiger partial charge in [-0.25, -0.2) is 4.79 Å². The van der Waals surface area contributed by atoms with Crippen LogP contribution in [0, 0.1) is 11.3 Å². The van der Waals surface area contributed by atoms with Gasteiger partial charge in [0.05, 0.1) is 11.6 Å². The molecule has 21 heavy (non-hydrogen) atoms. The molecule has 1 fully saturated rings. The van der Waals surface area contributed by atoms with E-state index in [0.29, 0.717) is 5.56 Å². The van der Waals surface area contributed by atoms with Crippen LogP contribution in [0.25, 0.3) is 0 Å². The Morgan fingerprint density at radius 3 is 2.43 bits per heavy atom. The number of carbonyl (C=O) groups excluding carboxylic acids is 2. The highest BCUT2D eigenvalue weighted by atomic mass is 16.4. The highest BCUT2D eigenvalue weighted by molar-refractivity contribution is 6.08. The van der Waals surface area contributed by atoms with Gasteiger partial charge in [0.15, 0.2) is 6.04 Å². The fourth-order valence-electron chi connectivity index (χ4n) is 2.56. The predicted octanol–water partition coefficient (Wildman–Crippen LogP) is 0.967. The Labute approximate surface area is 122 Å². The molecule has 2 heterocycles. The zero-order valence-corrected chi connectivity index (χ0v) is 12.5. The average molecular weight is 293 g/mol. The summed E-state index contributed by atoms with van der Waals surface area (Å²) in [5.41, 5.74) is -0.535. The number of hydrogen-bond donors (Lipinski definition) is 1. The van der Waals surface area contributed by atoms with Gasteiger partial charge in [0.25, 0.3) is 0 Å². The molecule has 0 spiro atoms. The van der Waals surface area contributed by atoms with Crippen molar-refractivity contribution >= 4 is 17.8 Å². The summed E-state index contributed by atoms with van der Waals surface area (Å²) >= 11 is 0. The van der Waals surface area contributed by atoms with E-state index in [9.17, 15) is 19.5 Å². The molecule has 1 aliphatic heterocycles. The van der Waals surface area contributed by atoms with Crippen LogP contribution in [0.4, 0.5) is 0 Å². The van der Waals surface area contributed by atoms with Crippen LogP contribution in [0.3, 0.4) is 0 Å². The average Bonchev–Trinajstić information content (AvgIpc) is 2.87. The van der Waals surface area contributed by atoms with Gasteiger partial charge in [0.1, 0.15) is 0 Å². The van der Waals surface area contributed by atoms with E-state index < -0.39 is 29.2 Å². The van der Waals surface area contributed by atoms with Crippen LogP contribution in [0.5, 0.6) is 0 Å². The fraction of sp³-hybridized carbons (Fsp3) is 0.571. The number of aromatic nitrogens is 2. The Morgan fingerprint density at radius 1 is 1.43 bits per heavy atom. The maximum absolute atomic E-state index is 12.6. The molecule has 1 aromatic heterocycles. The summed E-state index contributed by atoms with van der Waals surface area (Å²) in [7, 11) is 1.65. The third kappa shape index (κ3) is 2.32. The van der Waals surface area contributed by atoms with E-state index in [0.717, 1.165) is 4.90 Å². The van der Waals surface area contributed by atoms with E-state index in [-0.39, 0.29) is 12.3 Å². The lowest BCUT2D eigenvalue weighted by Crippen LogP contribution is -2.42. The molecular formula is C14H19N3O4. The molecule has 0 saturated carbocycles. The summed E-state index contributed by atoms with van der Waals surface area (Å²) in [6.07, 6.45) is 2.91. The first-order chi connectivity index (χ1) is 9.68. The van der Waals surface area contributed by atoms with Crippen molar-refractivity contribution < 1.29 is 19.5 Å². The van der Waals surface area contributed by atoms with Gasteiger partial charge in [-0.2, -0.15) is 5.10 Å². The van der Waals surface area contributed by atoms with Gasteiger partial charge in [-0.05, 0) is 12.8 Å². The van der Waals surface area contributed by atoms with Gasteiger partial charge < -0.3 is 5.11 Å². The molecule has 0 aliphatic carbocycles. The monoisotopic (exact) mass is 293 g/mol. The Balaban J connectivity index is 2.45. The third-order valence-electron chi connectivity index (χ3n) is 4.30. The maximum Gasteiger partial charge on any atom is 0.331 e. The number of likely N-dealkylation sites (tertiary alicyclic amines) is 1. The van der Waals surface area contributed by atoms with Gasteiger partial charge in [-0.15, -0.1) is 0 Å². The predicted molar refractivity (Wildman–Crippen MR) is 73.0 cm³/mol. The summed E-state index contributed by atoms with van der Waals surface area (Å²) in [6, 6.07) is -1.32. The zero-order chi connectivity index (χ0) is 15.9. The highest BCUT2D eigenvalue weighted by Crippen LogP contribution is 2.42. The highest BCUT2D eigenvalue weighted by Gasteiger charge is 2.53. The van der Waals surface area contributed by atoms with Crippen molar-refractivity contribution in [2.45, 2.75) is 33.2 Å². The van der Waals surface area contributed by atoms with Crippen LogP contribution in [-0.2, 0) is 21.4 Å². The normalized spacial score (nSPS) is 24.0. The summed E-state index contributed by atoms with van der Waals surface area (Å²) in [6.45, 7) is 5.42. The lowest BCUT2D eigenvalue weighted by molar-refractivity contribution is -0.156. The lowest BCUT2D eigenvalue weighted by atomic mass is 9.78. The summed E-state index contributed by atoms with van der Waals surface area (Å²) in [4.78, 5) is 37.3. The molecule has 1 aliphatic rings. The van der Waals surface area contributed by atoms with Gasteiger partial charge in [-0.3, -0.25) is 19.2 Å². The molecule has 0 radical (unpaired) electrons. The third-order valence-corrected chi connectivity index (χ3v) is 4.30. The number of aryl methyl sites for hydroxylation is 1. The lowest BCUT2D eigenvalue weighted by Gasteiger charge is -2.28. The van der Waals surface area contributed by atoms with Gasteiger partial charge in [0, 0.05) is 25.2 Å². The zero-order valence-electron chi connectivity index (χ0n) is 12.5. The van der Waals surface area contributed by atoms with E-state index in [4.69, 9.17) is 0 Å². The molecule has 0 aromatic carbocycles. The first-order valence-electron chi connectivity index (χ1n) is 6.76. The molecule has 2 unspecified atom stereocenters. The summed E-state index contributed by atoms with van der Waals surface area (Å²) in [5, 5.41) is 13.4. The Bertz CT molecular complexity index is 607. The number of imide groups is 1. The second kappa shape index (κ2) is 4.98. The van der Waals surface area contributed by atoms with Crippen LogP contribution < -0.4 is 0 Å². The van der Waals surface area contributed by atoms with Crippen LogP contribution in [0.15, 0.2) is 12.4 Å². The van der Waals surface area contributed by atoms with Crippen molar-refractivity contribution in [3.63, 3.8) is 0 Å². The van der Waals surface area contributed by atoms with E-state index in [1.165, 1.54) is 17.1 Å². The van der Waals surface area contributed by atoms with E-state index in [1.807, 2.05) is 13.8 Å². The van der Waals surface area contributed by atoms with Crippen molar-refractivity contribution in [1.29, 1.82) is 0 Å². The smallest absolute Gasteiger partial charge is 0.331 e. The molecule has 2 atom stereocenters. The molecule has 2 amide bonds. The SMILES string of the molecule is CC(C)C1(C)CC(=O)N(C(C(=O)O)c2cnn(C)c2)C1=O. The van der Waals surface area contributed by atoms with Gasteiger partial charge >= 0.3 is 5.97 Å². The summed E-state index contributed by atoms with van der Waals surface area (Å²) in [5.74, 6) is -2.17. The molecule has 7 nitrogen and oxygen atoms in total. The topological polar surface area (TPSA) is 92.5 Å². The van der Waals surface area contributed by atoms with Gasteiger partial charge in [-0.1, -0.05) is 13.8 Å². The van der Waals surface area contributed by atoms with Crippen molar-refractivity contribution in [1.82, 2.24) is 14.7 Å². The fourth-order valence-corrected chi connectivity index (χ4v) is 2.56. The van der Waals surface area contributed by atoms with E-state index in [2.05, 4.69) is 5.10 Å². The molecular weight excluding hydrogens is 274 g/mol. The molecule has 1 saturated heterocycles. The van der Waals surface area contributed by atoms with Crippen LogP contribution >= 0.6 is 0 Å². The Hall–Kier alpha value is -2.18. The number of aliphatic carboxylic acids is 1. The molecule has 114 valence electrons. The Morgan fingerprint density at radius 2 is 2.05 bits per heavy atom. The molecule has 2 rings (SSSR count). The summed E-state index contributed by atoms with van der Waals surface area (Å²) < 4.78 is 1.44. The number of carbonyl (C=O) groups is 3. The number of nitrogens with zero attached hydrogens (tertiary/aromatic N) is 3. The largest absolute Gasteiger partial charge is 0.479 e. The minimum atomic E-state index is -1.32. The number of rotatable bonds is 4. The number of amides is 2. The molecule has 0 bridgehead atoms. The standard InChI is InChI=1S/C14H19N3O4/c1-8(2)14(3)5-10(18)17(13(14)21)11(12(19)20)9-6-15-16(4)7-9/h6-8,11H,5H2,1-4H3,(H,19,20). The first kappa shape index (κ1) is 15.2. The quantitative estimate of drug-likeness (QED) is 0.835. The molecule has 7 heteroatoms. The first-order valence-corrected chi connectivity index (χ1v) is 6.76. The van der Waals surface area contributed by atoms with Gasteiger partial charge in [0.2, 0.25) is 11.8 Å².